The largest absolute Gasteiger partial charge is 0.478 e. The molecule has 0 fully saturated rings. The minimum absolute atomic E-state index is 0.189. The smallest absolute Gasteiger partial charge is 0.413 e. The highest BCUT2D eigenvalue weighted by atomic mass is 16.6. The maximum absolute atomic E-state index is 11.7. The number of aromatic carboxylic acids is 1. The Labute approximate surface area is 151 Å². The number of hydrogen-bond acceptors (Lipinski definition) is 6. The number of ether oxygens (including phenoxy) is 1. The Balaban J connectivity index is 2.16. The van der Waals surface area contributed by atoms with E-state index < -0.39 is 17.7 Å². The summed E-state index contributed by atoms with van der Waals surface area (Å²) in [4.78, 5) is 33.1. The van der Waals surface area contributed by atoms with Crippen LogP contribution in [0, 0.1) is 6.92 Å². The molecule has 0 bridgehead atoms. The molecular formula is C18H22N4O4. The van der Waals surface area contributed by atoms with Gasteiger partial charge in [0.05, 0.1) is 18.0 Å². The molecule has 26 heavy (non-hydrogen) atoms. The van der Waals surface area contributed by atoms with Crippen molar-refractivity contribution in [3.63, 3.8) is 0 Å². The number of carbonyl (C=O) groups is 2. The van der Waals surface area contributed by atoms with Gasteiger partial charge < -0.3 is 14.7 Å². The quantitative estimate of drug-likeness (QED) is 0.860. The molecule has 1 heterocycles. The number of benzene rings is 1. The molecule has 0 aliphatic carbocycles. The molecule has 2 aromatic rings. The molecule has 2 rings (SSSR count). The van der Waals surface area contributed by atoms with Crippen molar-refractivity contribution in [1.82, 2.24) is 9.97 Å². The minimum atomic E-state index is -0.998. The number of aryl methyl sites for hydroxylation is 1. The first kappa shape index (κ1) is 19.2. The summed E-state index contributed by atoms with van der Waals surface area (Å²) in [5.74, 6) is -0.236. The van der Waals surface area contributed by atoms with Crippen LogP contribution in [0.3, 0.4) is 0 Å². The lowest BCUT2D eigenvalue weighted by atomic mass is 10.1. The summed E-state index contributed by atoms with van der Waals surface area (Å²) in [6, 6.07) is 4.86. The van der Waals surface area contributed by atoms with E-state index in [9.17, 15) is 9.59 Å². The van der Waals surface area contributed by atoms with Gasteiger partial charge >= 0.3 is 12.1 Å². The summed E-state index contributed by atoms with van der Waals surface area (Å²) in [5.41, 5.74) is 1.18. The van der Waals surface area contributed by atoms with Crippen LogP contribution in [0.25, 0.3) is 0 Å². The molecule has 0 saturated carbocycles. The van der Waals surface area contributed by atoms with E-state index in [0.29, 0.717) is 11.5 Å². The lowest BCUT2D eigenvalue weighted by molar-refractivity contribution is 0.0633. The molecule has 0 unspecified atom stereocenters. The zero-order chi connectivity index (χ0) is 19.5. The third kappa shape index (κ3) is 4.92. The van der Waals surface area contributed by atoms with Crippen molar-refractivity contribution >= 4 is 29.4 Å². The van der Waals surface area contributed by atoms with Gasteiger partial charge in [0.2, 0.25) is 0 Å². The number of anilines is 3. The first-order valence-electron chi connectivity index (χ1n) is 7.96. The number of nitrogens with zero attached hydrogens (tertiary/aromatic N) is 3. The van der Waals surface area contributed by atoms with Crippen molar-refractivity contribution in [3.05, 3.63) is 41.7 Å². The van der Waals surface area contributed by atoms with E-state index in [-0.39, 0.29) is 11.4 Å². The van der Waals surface area contributed by atoms with E-state index in [1.807, 2.05) is 6.92 Å². The van der Waals surface area contributed by atoms with Crippen LogP contribution >= 0.6 is 0 Å². The Kier molecular flexibility index (Phi) is 5.44. The second-order valence-corrected chi connectivity index (χ2v) is 6.75. The molecule has 0 spiro atoms. The zero-order valence-electron chi connectivity index (χ0n) is 15.4. The summed E-state index contributed by atoms with van der Waals surface area (Å²) in [6.07, 6.45) is 2.28. The van der Waals surface area contributed by atoms with Crippen LogP contribution in [0.2, 0.25) is 0 Å². The van der Waals surface area contributed by atoms with Crippen LogP contribution in [-0.2, 0) is 4.74 Å². The molecule has 1 aromatic carbocycles. The Morgan fingerprint density at radius 3 is 2.42 bits per heavy atom. The average molecular weight is 358 g/mol. The monoisotopic (exact) mass is 358 g/mol. The number of aromatic nitrogens is 2. The number of nitrogens with one attached hydrogen (secondary N) is 1. The van der Waals surface area contributed by atoms with Crippen molar-refractivity contribution in [2.45, 2.75) is 33.3 Å². The number of hydrogen-bond donors (Lipinski definition) is 2. The van der Waals surface area contributed by atoms with Crippen molar-refractivity contribution in [2.75, 3.05) is 17.3 Å². The lowest BCUT2D eigenvalue weighted by Gasteiger charge is -2.21. The fraction of sp³-hybridized carbons (Fsp3) is 0.333. The van der Waals surface area contributed by atoms with Gasteiger partial charge in [-0.3, -0.25) is 5.32 Å². The van der Waals surface area contributed by atoms with Crippen molar-refractivity contribution in [2.24, 2.45) is 0 Å². The number of amides is 1. The van der Waals surface area contributed by atoms with Gasteiger partial charge in [0, 0.05) is 12.7 Å². The Morgan fingerprint density at radius 1 is 1.19 bits per heavy atom. The van der Waals surface area contributed by atoms with E-state index >= 15 is 0 Å². The van der Waals surface area contributed by atoms with Crippen LogP contribution in [-0.4, -0.2) is 39.8 Å². The average Bonchev–Trinajstić information content (AvgIpc) is 2.53. The Hall–Kier alpha value is -3.16. The van der Waals surface area contributed by atoms with Gasteiger partial charge in [0.1, 0.15) is 5.60 Å². The highest BCUT2D eigenvalue weighted by Gasteiger charge is 2.17. The second-order valence-electron chi connectivity index (χ2n) is 6.75. The van der Waals surface area contributed by atoms with Crippen LogP contribution in [0.15, 0.2) is 30.6 Å². The summed E-state index contributed by atoms with van der Waals surface area (Å²) < 4.78 is 5.16. The van der Waals surface area contributed by atoms with E-state index in [0.717, 1.165) is 5.56 Å². The van der Waals surface area contributed by atoms with Crippen LogP contribution in [0.5, 0.6) is 0 Å². The molecule has 1 aromatic heterocycles. The fourth-order valence-corrected chi connectivity index (χ4v) is 2.19. The van der Waals surface area contributed by atoms with Crippen molar-refractivity contribution in [3.8, 4) is 0 Å². The Bertz CT molecular complexity index is 813. The molecular weight excluding hydrogens is 336 g/mol. The molecule has 0 aliphatic heterocycles. The van der Waals surface area contributed by atoms with Gasteiger partial charge in [-0.25, -0.2) is 19.6 Å². The number of carbonyl (C=O) groups excluding carboxylic acids is 1. The summed E-state index contributed by atoms with van der Waals surface area (Å²) >= 11 is 0. The SMILES string of the molecule is Cc1ccc(C(=O)O)cc1N(C)c1cnc(NC(=O)OC(C)(C)C)cn1. The van der Waals surface area contributed by atoms with Crippen LogP contribution < -0.4 is 10.2 Å². The first-order chi connectivity index (χ1) is 12.1. The van der Waals surface area contributed by atoms with Crippen LogP contribution in [0.1, 0.15) is 36.7 Å². The predicted molar refractivity (Wildman–Crippen MR) is 98.1 cm³/mol. The van der Waals surface area contributed by atoms with Gasteiger partial charge in [0.15, 0.2) is 11.6 Å². The molecule has 0 saturated heterocycles. The third-order valence-corrected chi connectivity index (χ3v) is 3.43. The van der Waals surface area contributed by atoms with Gasteiger partial charge in [-0.15, -0.1) is 0 Å². The van der Waals surface area contributed by atoms with E-state index in [2.05, 4.69) is 15.3 Å². The maximum atomic E-state index is 11.7. The molecule has 0 atom stereocenters. The normalized spacial score (nSPS) is 11.0. The van der Waals surface area contributed by atoms with E-state index in [1.54, 1.807) is 50.9 Å². The van der Waals surface area contributed by atoms with Gasteiger partial charge in [-0.1, -0.05) is 6.07 Å². The molecule has 138 valence electrons. The van der Waals surface area contributed by atoms with Crippen molar-refractivity contribution < 1.29 is 19.4 Å². The highest BCUT2D eigenvalue weighted by molar-refractivity contribution is 5.89. The fourth-order valence-electron chi connectivity index (χ4n) is 2.19. The van der Waals surface area contributed by atoms with Crippen molar-refractivity contribution in [1.29, 1.82) is 0 Å². The second kappa shape index (κ2) is 7.38. The standard InChI is InChI=1S/C18H22N4O4/c1-11-6-7-12(16(23)24)8-13(11)22(5)15-10-19-14(9-20-15)21-17(25)26-18(2,3)4/h6-10H,1-5H3,(H,23,24)(H,19,21,25). The number of carboxylic acid groups (broad SMARTS) is 1. The molecule has 2 N–H and O–H groups in total. The molecule has 0 radical (unpaired) electrons. The molecule has 8 heteroatoms. The number of carboxylic acids is 1. The minimum Gasteiger partial charge on any atom is -0.478 e. The van der Waals surface area contributed by atoms with Gasteiger partial charge in [-0.2, -0.15) is 0 Å². The topological polar surface area (TPSA) is 105 Å². The third-order valence-electron chi connectivity index (χ3n) is 3.43. The van der Waals surface area contributed by atoms with E-state index in [1.165, 1.54) is 12.4 Å². The summed E-state index contributed by atoms with van der Waals surface area (Å²) in [6.45, 7) is 7.18. The molecule has 0 aliphatic rings. The Morgan fingerprint density at radius 2 is 1.88 bits per heavy atom. The molecule has 1 amide bonds. The van der Waals surface area contributed by atoms with Gasteiger partial charge in [0.25, 0.3) is 0 Å². The highest BCUT2D eigenvalue weighted by Crippen LogP contribution is 2.26. The molecule has 8 nitrogen and oxygen atoms in total. The first-order valence-corrected chi connectivity index (χ1v) is 7.96. The lowest BCUT2D eigenvalue weighted by Crippen LogP contribution is -2.27. The summed E-state index contributed by atoms with van der Waals surface area (Å²) in [7, 11) is 1.76. The zero-order valence-corrected chi connectivity index (χ0v) is 15.4. The predicted octanol–water partition coefficient (Wildman–Crippen LogP) is 3.60. The maximum Gasteiger partial charge on any atom is 0.413 e. The van der Waals surface area contributed by atoms with E-state index in [4.69, 9.17) is 9.84 Å². The number of rotatable bonds is 4. The van der Waals surface area contributed by atoms with Gasteiger partial charge in [-0.05, 0) is 45.4 Å². The summed E-state index contributed by atoms with van der Waals surface area (Å²) in [5, 5.41) is 11.7. The van der Waals surface area contributed by atoms with Crippen LogP contribution in [0.4, 0.5) is 22.1 Å².